The summed E-state index contributed by atoms with van der Waals surface area (Å²) >= 11 is 5.82. The van der Waals surface area contributed by atoms with Crippen LogP contribution in [0.15, 0.2) is 36.8 Å². The quantitative estimate of drug-likeness (QED) is 0.564. The molecule has 0 fully saturated rings. The zero-order chi connectivity index (χ0) is 20.1. The van der Waals surface area contributed by atoms with E-state index in [-0.39, 0.29) is 17.6 Å². The van der Waals surface area contributed by atoms with Crippen LogP contribution in [-0.4, -0.2) is 38.1 Å². The summed E-state index contributed by atoms with van der Waals surface area (Å²) < 4.78 is 14.7. The molecule has 0 aliphatic carbocycles. The lowest BCUT2D eigenvalue weighted by Crippen LogP contribution is -2.39. The van der Waals surface area contributed by atoms with Gasteiger partial charge in [-0.3, -0.25) is 4.79 Å². The van der Waals surface area contributed by atoms with E-state index in [0.717, 1.165) is 10.9 Å². The minimum atomic E-state index is -0.618. The van der Waals surface area contributed by atoms with Gasteiger partial charge in [-0.25, -0.2) is 19.0 Å². The Hall–Kier alpha value is -2.74. The van der Waals surface area contributed by atoms with Crippen LogP contribution in [0.3, 0.4) is 0 Å². The lowest BCUT2D eigenvalue weighted by molar-refractivity contribution is -0.128. The standard InChI is InChI=1S/C19H22ClFN6O/c1-19(2,11-20)18(28)22-7-8-27-17-15(10-26-27)16(24-12-25-17)23-9-13-3-5-14(21)6-4-13/h3-6,10,12H,7-9,11H2,1-2H3,(H,22,28)(H,23,24,25). The van der Waals surface area contributed by atoms with E-state index in [2.05, 4.69) is 25.7 Å². The number of nitrogens with zero attached hydrogens (tertiary/aromatic N) is 4. The second-order valence-corrected chi connectivity index (χ2v) is 7.35. The third-order valence-electron chi connectivity index (χ3n) is 4.36. The number of benzene rings is 1. The van der Waals surface area contributed by atoms with Gasteiger partial charge in [0, 0.05) is 19.0 Å². The van der Waals surface area contributed by atoms with E-state index in [1.807, 2.05) is 0 Å². The van der Waals surface area contributed by atoms with Crippen molar-refractivity contribution in [2.45, 2.75) is 26.9 Å². The number of carbonyl (C=O) groups excluding carboxylic acids is 1. The number of aromatic nitrogens is 4. The average Bonchev–Trinajstić information content (AvgIpc) is 3.11. The molecule has 0 aliphatic heterocycles. The van der Waals surface area contributed by atoms with Crippen molar-refractivity contribution in [1.29, 1.82) is 0 Å². The van der Waals surface area contributed by atoms with Gasteiger partial charge < -0.3 is 10.6 Å². The van der Waals surface area contributed by atoms with Crippen molar-refractivity contribution in [3.8, 4) is 0 Å². The van der Waals surface area contributed by atoms with E-state index in [1.165, 1.54) is 18.5 Å². The van der Waals surface area contributed by atoms with E-state index in [4.69, 9.17) is 11.6 Å². The first kappa shape index (κ1) is 20.0. The van der Waals surface area contributed by atoms with Crippen molar-refractivity contribution in [3.05, 3.63) is 48.2 Å². The second kappa shape index (κ2) is 8.52. The minimum absolute atomic E-state index is 0.102. The lowest BCUT2D eigenvalue weighted by Gasteiger charge is -2.20. The van der Waals surface area contributed by atoms with Crippen LogP contribution >= 0.6 is 11.6 Å². The third kappa shape index (κ3) is 4.56. The van der Waals surface area contributed by atoms with Gasteiger partial charge in [0.15, 0.2) is 5.65 Å². The first-order chi connectivity index (χ1) is 13.4. The Bertz CT molecular complexity index is 957. The Labute approximate surface area is 167 Å². The number of fused-ring (bicyclic) bond motifs is 1. The average molecular weight is 405 g/mol. The van der Waals surface area contributed by atoms with Crippen LogP contribution in [0.25, 0.3) is 11.0 Å². The third-order valence-corrected chi connectivity index (χ3v) is 5.03. The molecule has 3 rings (SSSR count). The number of anilines is 1. The molecule has 0 bridgehead atoms. The molecule has 0 radical (unpaired) electrons. The molecule has 9 heteroatoms. The number of rotatable bonds is 8. The molecule has 0 unspecified atom stereocenters. The Kier molecular flexibility index (Phi) is 6.08. The molecule has 0 aliphatic rings. The van der Waals surface area contributed by atoms with Gasteiger partial charge in [0.1, 0.15) is 18.0 Å². The second-order valence-electron chi connectivity index (χ2n) is 7.08. The number of hydrogen-bond acceptors (Lipinski definition) is 5. The molecular weight excluding hydrogens is 383 g/mol. The molecule has 0 saturated heterocycles. The number of nitrogens with one attached hydrogen (secondary N) is 2. The van der Waals surface area contributed by atoms with Gasteiger partial charge in [-0.2, -0.15) is 5.10 Å². The van der Waals surface area contributed by atoms with Crippen LogP contribution in [0.5, 0.6) is 0 Å². The number of alkyl halides is 1. The topological polar surface area (TPSA) is 84.7 Å². The molecule has 2 aromatic heterocycles. The maximum absolute atomic E-state index is 13.0. The van der Waals surface area contributed by atoms with E-state index < -0.39 is 5.41 Å². The molecule has 2 heterocycles. The van der Waals surface area contributed by atoms with E-state index in [0.29, 0.717) is 31.1 Å². The molecular formula is C19H22ClFN6O. The fraction of sp³-hybridized carbons (Fsp3) is 0.368. The van der Waals surface area contributed by atoms with Gasteiger partial charge in [-0.05, 0) is 31.5 Å². The van der Waals surface area contributed by atoms with Crippen molar-refractivity contribution >= 4 is 34.4 Å². The summed E-state index contributed by atoms with van der Waals surface area (Å²) in [6, 6.07) is 6.28. The van der Waals surface area contributed by atoms with Crippen molar-refractivity contribution in [1.82, 2.24) is 25.1 Å². The molecule has 148 valence electrons. The summed E-state index contributed by atoms with van der Waals surface area (Å²) in [5, 5.41) is 11.2. The van der Waals surface area contributed by atoms with Crippen LogP contribution in [0, 0.1) is 11.2 Å². The van der Waals surface area contributed by atoms with Crippen LogP contribution in [0.4, 0.5) is 10.2 Å². The van der Waals surface area contributed by atoms with E-state index >= 15 is 0 Å². The first-order valence-electron chi connectivity index (χ1n) is 8.90. The maximum atomic E-state index is 13.0. The SMILES string of the molecule is CC(C)(CCl)C(=O)NCCn1ncc2c(NCc3ccc(F)cc3)ncnc21. The maximum Gasteiger partial charge on any atom is 0.226 e. The highest BCUT2D eigenvalue weighted by molar-refractivity contribution is 6.19. The van der Waals surface area contributed by atoms with Crippen molar-refractivity contribution < 1.29 is 9.18 Å². The highest BCUT2D eigenvalue weighted by Crippen LogP contribution is 2.20. The minimum Gasteiger partial charge on any atom is -0.365 e. The number of hydrogen-bond donors (Lipinski definition) is 2. The van der Waals surface area contributed by atoms with Crippen molar-refractivity contribution in [2.24, 2.45) is 5.41 Å². The molecule has 1 amide bonds. The smallest absolute Gasteiger partial charge is 0.226 e. The summed E-state index contributed by atoms with van der Waals surface area (Å²) in [5.41, 5.74) is 0.987. The number of amides is 1. The summed E-state index contributed by atoms with van der Waals surface area (Å²) in [4.78, 5) is 20.7. The lowest BCUT2D eigenvalue weighted by atomic mass is 9.95. The first-order valence-corrected chi connectivity index (χ1v) is 9.43. The van der Waals surface area contributed by atoms with Gasteiger partial charge in [0.25, 0.3) is 0 Å². The highest BCUT2D eigenvalue weighted by Gasteiger charge is 2.25. The fourth-order valence-electron chi connectivity index (χ4n) is 2.56. The van der Waals surface area contributed by atoms with Gasteiger partial charge in [-0.1, -0.05) is 12.1 Å². The number of halogens is 2. The predicted molar refractivity (Wildman–Crippen MR) is 107 cm³/mol. The van der Waals surface area contributed by atoms with Crippen LogP contribution in [-0.2, 0) is 17.9 Å². The molecule has 2 N–H and O–H groups in total. The predicted octanol–water partition coefficient (Wildman–Crippen LogP) is 2.96. The molecule has 28 heavy (non-hydrogen) atoms. The summed E-state index contributed by atoms with van der Waals surface area (Å²) in [6.07, 6.45) is 3.15. The van der Waals surface area contributed by atoms with Crippen molar-refractivity contribution in [3.63, 3.8) is 0 Å². The van der Waals surface area contributed by atoms with E-state index in [1.54, 1.807) is 36.9 Å². The van der Waals surface area contributed by atoms with E-state index in [9.17, 15) is 9.18 Å². The monoisotopic (exact) mass is 404 g/mol. The van der Waals surface area contributed by atoms with Gasteiger partial charge in [0.05, 0.1) is 23.5 Å². The summed E-state index contributed by atoms with van der Waals surface area (Å²) in [7, 11) is 0. The molecule has 7 nitrogen and oxygen atoms in total. The van der Waals surface area contributed by atoms with Gasteiger partial charge in [-0.15, -0.1) is 11.6 Å². The van der Waals surface area contributed by atoms with Crippen molar-refractivity contribution in [2.75, 3.05) is 17.7 Å². The highest BCUT2D eigenvalue weighted by atomic mass is 35.5. The van der Waals surface area contributed by atoms with Crippen LogP contribution < -0.4 is 10.6 Å². The van der Waals surface area contributed by atoms with Gasteiger partial charge in [0.2, 0.25) is 5.91 Å². The molecule has 3 aromatic rings. The Morgan fingerprint density at radius 3 is 2.71 bits per heavy atom. The zero-order valence-corrected chi connectivity index (χ0v) is 16.5. The largest absolute Gasteiger partial charge is 0.365 e. The zero-order valence-electron chi connectivity index (χ0n) is 15.7. The molecule has 0 saturated carbocycles. The van der Waals surface area contributed by atoms with Crippen LogP contribution in [0.2, 0.25) is 0 Å². The van der Waals surface area contributed by atoms with Gasteiger partial charge >= 0.3 is 0 Å². The fourth-order valence-corrected chi connectivity index (χ4v) is 2.68. The molecule has 1 aromatic carbocycles. The Morgan fingerprint density at radius 2 is 2.00 bits per heavy atom. The summed E-state index contributed by atoms with van der Waals surface area (Å²) in [6.45, 7) is 4.98. The molecule has 0 spiro atoms. The Balaban J connectivity index is 1.65. The summed E-state index contributed by atoms with van der Waals surface area (Å²) in [5.74, 6) is 0.527. The number of carbonyl (C=O) groups is 1. The molecule has 0 atom stereocenters. The van der Waals surface area contributed by atoms with Crippen LogP contribution in [0.1, 0.15) is 19.4 Å². The normalized spacial score (nSPS) is 11.6. The Morgan fingerprint density at radius 1 is 1.25 bits per heavy atom.